The molecule has 2 N–H and O–H groups in total. The predicted molar refractivity (Wildman–Crippen MR) is 81.8 cm³/mol. The lowest BCUT2D eigenvalue weighted by molar-refractivity contribution is -0.384. The van der Waals surface area contributed by atoms with E-state index in [9.17, 15) is 24.4 Å². The Morgan fingerprint density at radius 1 is 1.30 bits per heavy atom. The van der Waals surface area contributed by atoms with Gasteiger partial charge in [0.15, 0.2) is 0 Å². The molecule has 2 aromatic carbocycles. The first-order chi connectivity index (χ1) is 10.9. The first kappa shape index (κ1) is 16.9. The van der Waals surface area contributed by atoms with Crippen LogP contribution < -0.4 is 5.32 Å². The van der Waals surface area contributed by atoms with Crippen molar-refractivity contribution in [3.8, 4) is 0 Å². The third kappa shape index (κ3) is 4.24. The summed E-state index contributed by atoms with van der Waals surface area (Å²) in [6.45, 7) is -0.0981. The number of hydrogen-bond acceptors (Lipinski definition) is 4. The smallest absolute Gasteiger partial charge is 0.287 e. The van der Waals surface area contributed by atoms with E-state index in [1.807, 2.05) is 0 Å². The number of nitro groups is 1. The fourth-order valence-corrected chi connectivity index (χ4v) is 2.14. The van der Waals surface area contributed by atoms with Gasteiger partial charge in [-0.15, -0.1) is 0 Å². The molecule has 120 valence electrons. The number of aliphatic hydroxyl groups excluding tert-OH is 1. The molecule has 1 amide bonds. The van der Waals surface area contributed by atoms with Gasteiger partial charge in [0.1, 0.15) is 10.8 Å². The second-order valence-corrected chi connectivity index (χ2v) is 5.11. The van der Waals surface area contributed by atoms with Crippen molar-refractivity contribution in [2.24, 2.45) is 0 Å². The number of carbonyl (C=O) groups excluding carboxylic acids is 1. The molecule has 0 aliphatic heterocycles. The number of hydrogen-bond donors (Lipinski definition) is 2. The lowest BCUT2D eigenvalue weighted by Gasteiger charge is -2.12. The minimum absolute atomic E-state index is 0.0981. The largest absolute Gasteiger partial charge is 0.387 e. The summed E-state index contributed by atoms with van der Waals surface area (Å²) >= 11 is 5.74. The van der Waals surface area contributed by atoms with Crippen molar-refractivity contribution in [1.82, 2.24) is 5.32 Å². The summed E-state index contributed by atoms with van der Waals surface area (Å²) in [5.74, 6) is -0.964. The van der Waals surface area contributed by atoms with E-state index >= 15 is 0 Å². The monoisotopic (exact) mass is 338 g/mol. The van der Waals surface area contributed by atoms with E-state index in [1.54, 1.807) is 0 Å². The number of aliphatic hydroxyl groups is 1. The third-order valence-electron chi connectivity index (χ3n) is 3.12. The van der Waals surface area contributed by atoms with Gasteiger partial charge in [0.2, 0.25) is 0 Å². The van der Waals surface area contributed by atoms with Crippen molar-refractivity contribution < 1.29 is 19.2 Å². The van der Waals surface area contributed by atoms with Gasteiger partial charge >= 0.3 is 0 Å². The zero-order chi connectivity index (χ0) is 17.0. The Labute approximate surface area is 135 Å². The number of nitrogens with one attached hydrogen (secondary N) is 1. The van der Waals surface area contributed by atoms with Gasteiger partial charge in [-0.2, -0.15) is 0 Å². The molecule has 1 atom stereocenters. The Hall–Kier alpha value is -2.51. The van der Waals surface area contributed by atoms with E-state index in [1.165, 1.54) is 36.4 Å². The minimum Gasteiger partial charge on any atom is -0.387 e. The molecule has 8 heteroatoms. The van der Waals surface area contributed by atoms with E-state index in [0.717, 1.165) is 6.07 Å². The Kier molecular flexibility index (Phi) is 5.25. The SMILES string of the molecule is O=C(NC[C@H](O)c1ccc(F)cc1)c1ccc([N+](=O)[O-])c(Cl)c1. The molecule has 0 radical (unpaired) electrons. The summed E-state index contributed by atoms with van der Waals surface area (Å²) in [7, 11) is 0. The summed E-state index contributed by atoms with van der Waals surface area (Å²) in [5, 5.41) is 22.9. The van der Waals surface area contributed by atoms with Crippen LogP contribution in [0, 0.1) is 15.9 Å². The maximum absolute atomic E-state index is 12.8. The maximum Gasteiger partial charge on any atom is 0.287 e. The van der Waals surface area contributed by atoms with Crippen LogP contribution in [0.5, 0.6) is 0 Å². The first-order valence-corrected chi connectivity index (χ1v) is 6.92. The van der Waals surface area contributed by atoms with E-state index in [2.05, 4.69) is 5.32 Å². The van der Waals surface area contributed by atoms with Gasteiger partial charge in [0.25, 0.3) is 11.6 Å². The van der Waals surface area contributed by atoms with Crippen LogP contribution in [0.2, 0.25) is 5.02 Å². The number of amides is 1. The number of halogens is 2. The highest BCUT2D eigenvalue weighted by Crippen LogP contribution is 2.25. The van der Waals surface area contributed by atoms with Gasteiger partial charge < -0.3 is 10.4 Å². The highest BCUT2D eigenvalue weighted by molar-refractivity contribution is 6.33. The topological polar surface area (TPSA) is 92.5 Å². The average molecular weight is 339 g/mol. The molecular formula is C15H12ClFN2O4. The Morgan fingerprint density at radius 3 is 2.52 bits per heavy atom. The van der Waals surface area contributed by atoms with Crippen LogP contribution in [0.1, 0.15) is 22.0 Å². The number of nitro benzene ring substituents is 1. The van der Waals surface area contributed by atoms with Gasteiger partial charge in [0.05, 0.1) is 11.0 Å². The van der Waals surface area contributed by atoms with Gasteiger partial charge in [-0.25, -0.2) is 4.39 Å². The van der Waals surface area contributed by atoms with E-state index in [4.69, 9.17) is 11.6 Å². The molecule has 2 aromatic rings. The average Bonchev–Trinajstić information content (AvgIpc) is 2.52. The van der Waals surface area contributed by atoms with Crippen LogP contribution in [-0.2, 0) is 0 Å². The highest BCUT2D eigenvalue weighted by atomic mass is 35.5. The zero-order valence-corrected chi connectivity index (χ0v) is 12.5. The van der Waals surface area contributed by atoms with Crippen molar-refractivity contribution >= 4 is 23.2 Å². The Bertz CT molecular complexity index is 737. The number of rotatable bonds is 5. The van der Waals surface area contributed by atoms with Crippen molar-refractivity contribution in [2.45, 2.75) is 6.10 Å². The summed E-state index contributed by atoms with van der Waals surface area (Å²) in [6, 6.07) is 8.81. The standard InChI is InChI=1S/C15H12ClFN2O4/c16-12-7-10(3-6-13(12)19(22)23)15(21)18-8-14(20)9-1-4-11(17)5-2-9/h1-7,14,20H,8H2,(H,18,21)/t14-/m0/s1. The molecule has 0 fully saturated rings. The van der Waals surface area contributed by atoms with Crippen molar-refractivity contribution in [2.75, 3.05) is 6.54 Å². The van der Waals surface area contributed by atoms with E-state index < -0.39 is 22.8 Å². The lowest BCUT2D eigenvalue weighted by atomic mass is 10.1. The molecule has 0 aromatic heterocycles. The van der Waals surface area contributed by atoms with Crippen LogP contribution in [0.25, 0.3) is 0 Å². The van der Waals surface area contributed by atoms with Gasteiger partial charge in [0, 0.05) is 18.2 Å². The molecule has 23 heavy (non-hydrogen) atoms. The second kappa shape index (κ2) is 7.17. The molecule has 0 unspecified atom stereocenters. The summed E-state index contributed by atoms with van der Waals surface area (Å²) < 4.78 is 12.8. The fraction of sp³-hybridized carbons (Fsp3) is 0.133. The Balaban J connectivity index is 2.00. The molecule has 6 nitrogen and oxygen atoms in total. The van der Waals surface area contributed by atoms with Gasteiger partial charge in [-0.3, -0.25) is 14.9 Å². The molecule has 0 bridgehead atoms. The summed E-state index contributed by atoms with van der Waals surface area (Å²) in [4.78, 5) is 22.0. The van der Waals surface area contributed by atoms with Gasteiger partial charge in [-0.1, -0.05) is 23.7 Å². The number of nitrogens with zero attached hydrogens (tertiary/aromatic N) is 1. The van der Waals surface area contributed by atoms with Crippen LogP contribution in [0.15, 0.2) is 42.5 Å². The molecule has 0 spiro atoms. The molecule has 0 aliphatic carbocycles. The fourth-order valence-electron chi connectivity index (χ4n) is 1.89. The second-order valence-electron chi connectivity index (χ2n) is 4.70. The van der Waals surface area contributed by atoms with Crippen molar-refractivity contribution in [3.05, 3.63) is 74.5 Å². The quantitative estimate of drug-likeness (QED) is 0.647. The molecular weight excluding hydrogens is 327 g/mol. The predicted octanol–water partition coefficient (Wildman–Crippen LogP) is 2.85. The molecule has 0 heterocycles. The third-order valence-corrected chi connectivity index (χ3v) is 3.42. The molecule has 0 saturated heterocycles. The first-order valence-electron chi connectivity index (χ1n) is 6.54. The number of benzene rings is 2. The minimum atomic E-state index is -1.01. The van der Waals surface area contributed by atoms with Crippen LogP contribution in [0.3, 0.4) is 0 Å². The van der Waals surface area contributed by atoms with Gasteiger partial charge in [-0.05, 0) is 29.8 Å². The normalized spacial score (nSPS) is 11.8. The zero-order valence-electron chi connectivity index (χ0n) is 11.7. The lowest BCUT2D eigenvalue weighted by Crippen LogP contribution is -2.28. The van der Waals surface area contributed by atoms with E-state index in [0.29, 0.717) is 5.56 Å². The maximum atomic E-state index is 12.8. The van der Waals surface area contributed by atoms with E-state index in [-0.39, 0.29) is 22.8 Å². The summed E-state index contributed by atoms with van der Waals surface area (Å²) in [6.07, 6.45) is -1.01. The van der Waals surface area contributed by atoms with Crippen LogP contribution in [0.4, 0.5) is 10.1 Å². The molecule has 0 saturated carbocycles. The highest BCUT2D eigenvalue weighted by Gasteiger charge is 2.16. The van der Waals surface area contributed by atoms with Crippen LogP contribution in [-0.4, -0.2) is 22.5 Å². The number of carbonyl (C=O) groups is 1. The van der Waals surface area contributed by atoms with Crippen molar-refractivity contribution in [3.63, 3.8) is 0 Å². The molecule has 0 aliphatic rings. The summed E-state index contributed by atoms with van der Waals surface area (Å²) in [5.41, 5.74) is 0.287. The molecule has 2 rings (SSSR count). The van der Waals surface area contributed by atoms with Crippen molar-refractivity contribution in [1.29, 1.82) is 0 Å². The Morgan fingerprint density at radius 2 is 1.96 bits per heavy atom. The van der Waals surface area contributed by atoms with Crippen LogP contribution >= 0.6 is 11.6 Å².